The fraction of sp³-hybridized carbons (Fsp3) is 0.391. The molecule has 9 heteroatoms. The van der Waals surface area contributed by atoms with E-state index in [-0.39, 0.29) is 5.84 Å². The highest BCUT2D eigenvalue weighted by molar-refractivity contribution is 6.00. The van der Waals surface area contributed by atoms with Crippen molar-refractivity contribution in [3.05, 3.63) is 65.2 Å². The molecule has 1 spiro atoms. The van der Waals surface area contributed by atoms with E-state index in [4.69, 9.17) is 9.68 Å². The molecular formula is C23H24F3N3O3. The molecule has 2 aromatic carbocycles. The normalized spacial score (nSPS) is 17.6. The Hall–Kier alpha value is -3.23. The zero-order valence-corrected chi connectivity index (χ0v) is 17.6. The monoisotopic (exact) mass is 447 g/mol. The lowest BCUT2D eigenvalue weighted by Crippen LogP contribution is -2.51. The molecule has 4 rings (SSSR count). The first kappa shape index (κ1) is 22.0. The number of halogens is 3. The van der Waals surface area contributed by atoms with Crippen LogP contribution in [0.5, 0.6) is 0 Å². The highest BCUT2D eigenvalue weighted by Crippen LogP contribution is 2.40. The Morgan fingerprint density at radius 3 is 2.34 bits per heavy atom. The molecule has 1 heterocycles. The molecule has 1 saturated carbocycles. The molecule has 0 radical (unpaired) electrons. The van der Waals surface area contributed by atoms with Crippen molar-refractivity contribution in [3.63, 3.8) is 0 Å². The highest BCUT2D eigenvalue weighted by atomic mass is 19.4. The summed E-state index contributed by atoms with van der Waals surface area (Å²) in [4.78, 5) is 24.0. The second-order valence-electron chi connectivity index (χ2n) is 7.94. The van der Waals surface area contributed by atoms with Gasteiger partial charge in [0, 0.05) is 24.1 Å². The molecule has 0 bridgehead atoms. The molecule has 0 aromatic heterocycles. The first-order valence-electron chi connectivity index (χ1n) is 10.6. The molecular weight excluding hydrogens is 423 g/mol. The van der Waals surface area contributed by atoms with Crippen molar-refractivity contribution >= 4 is 17.6 Å². The number of anilines is 1. The number of hydrogen-bond acceptors (Lipinski definition) is 5. The SMILES string of the molecule is CCc1ccc(NC(=O)ON2C(c3ccc(C(F)(F)F)cc3)=NOC23CCCCC3)cc1. The third kappa shape index (κ3) is 4.51. The zero-order chi connectivity index (χ0) is 22.8. The van der Waals surface area contributed by atoms with Gasteiger partial charge in [-0.2, -0.15) is 13.2 Å². The first-order valence-corrected chi connectivity index (χ1v) is 10.6. The maximum Gasteiger partial charge on any atom is 0.436 e. The lowest BCUT2D eigenvalue weighted by Gasteiger charge is -2.37. The lowest BCUT2D eigenvalue weighted by molar-refractivity contribution is -0.224. The van der Waals surface area contributed by atoms with Gasteiger partial charge in [-0.15, -0.1) is 5.06 Å². The van der Waals surface area contributed by atoms with Crippen LogP contribution in [0.25, 0.3) is 0 Å². The number of amides is 1. The predicted molar refractivity (Wildman–Crippen MR) is 113 cm³/mol. The molecule has 0 saturated heterocycles. The Kier molecular flexibility index (Phi) is 5.99. The fourth-order valence-corrected chi connectivity index (χ4v) is 3.95. The van der Waals surface area contributed by atoms with Gasteiger partial charge in [0.15, 0.2) is 0 Å². The quantitative estimate of drug-likeness (QED) is 0.617. The van der Waals surface area contributed by atoms with Crippen molar-refractivity contribution in [2.24, 2.45) is 5.16 Å². The molecule has 1 aliphatic heterocycles. The van der Waals surface area contributed by atoms with E-state index in [0.29, 0.717) is 24.1 Å². The number of amidine groups is 1. The van der Waals surface area contributed by atoms with Crippen LogP contribution in [0, 0.1) is 0 Å². The Morgan fingerprint density at radius 2 is 1.75 bits per heavy atom. The molecule has 170 valence electrons. The largest absolute Gasteiger partial charge is 0.436 e. The van der Waals surface area contributed by atoms with Crippen LogP contribution >= 0.6 is 0 Å². The zero-order valence-electron chi connectivity index (χ0n) is 17.6. The third-order valence-electron chi connectivity index (χ3n) is 5.75. The molecule has 0 unspecified atom stereocenters. The van der Waals surface area contributed by atoms with Gasteiger partial charge in [0.2, 0.25) is 11.6 Å². The molecule has 1 fully saturated rings. The van der Waals surface area contributed by atoms with Gasteiger partial charge in [0.05, 0.1) is 5.56 Å². The molecule has 2 aliphatic rings. The number of rotatable bonds is 4. The van der Waals surface area contributed by atoms with Crippen LogP contribution < -0.4 is 5.32 Å². The van der Waals surface area contributed by atoms with Crippen LogP contribution in [0.4, 0.5) is 23.7 Å². The van der Waals surface area contributed by atoms with E-state index in [9.17, 15) is 18.0 Å². The van der Waals surface area contributed by atoms with Crippen molar-refractivity contribution in [3.8, 4) is 0 Å². The summed E-state index contributed by atoms with van der Waals surface area (Å²) in [6.07, 6.45) is -0.399. The molecule has 1 N–H and O–H groups in total. The van der Waals surface area contributed by atoms with Crippen molar-refractivity contribution in [1.82, 2.24) is 5.06 Å². The van der Waals surface area contributed by atoms with Gasteiger partial charge in [-0.1, -0.05) is 42.8 Å². The minimum atomic E-state index is -4.44. The standard InChI is InChI=1S/C23H24F3N3O3/c1-2-16-6-12-19(13-7-16)27-21(30)31-29-20(28-32-22(29)14-4-3-5-15-22)17-8-10-18(11-9-17)23(24,25)26/h6-13H,2-5,14-15H2,1H3,(H,27,30). The second-order valence-corrected chi connectivity index (χ2v) is 7.94. The second kappa shape index (κ2) is 8.72. The Labute approximate surface area is 183 Å². The van der Waals surface area contributed by atoms with Crippen LogP contribution in [0.1, 0.15) is 55.7 Å². The summed E-state index contributed by atoms with van der Waals surface area (Å²) in [5.41, 5.74) is 0.335. The van der Waals surface area contributed by atoms with E-state index in [2.05, 4.69) is 10.5 Å². The van der Waals surface area contributed by atoms with Crippen LogP contribution in [-0.2, 0) is 22.3 Å². The summed E-state index contributed by atoms with van der Waals surface area (Å²) in [5.74, 6) is 0.164. The number of alkyl halides is 3. The summed E-state index contributed by atoms with van der Waals surface area (Å²) < 4.78 is 38.8. The van der Waals surface area contributed by atoms with Gasteiger partial charge in [0.25, 0.3) is 0 Å². The molecule has 2 aromatic rings. The van der Waals surface area contributed by atoms with E-state index in [1.807, 2.05) is 19.1 Å². The number of carbonyl (C=O) groups excluding carboxylic acids is 1. The summed E-state index contributed by atoms with van der Waals surface area (Å²) in [6.45, 7) is 2.04. The molecule has 6 nitrogen and oxygen atoms in total. The van der Waals surface area contributed by atoms with E-state index in [0.717, 1.165) is 43.4 Å². The van der Waals surface area contributed by atoms with Crippen molar-refractivity contribution in [2.45, 2.75) is 57.3 Å². The number of benzene rings is 2. The molecule has 32 heavy (non-hydrogen) atoms. The summed E-state index contributed by atoms with van der Waals surface area (Å²) >= 11 is 0. The van der Waals surface area contributed by atoms with Crippen LogP contribution in [0.3, 0.4) is 0 Å². The van der Waals surface area contributed by atoms with Crippen molar-refractivity contribution in [2.75, 3.05) is 5.32 Å². The van der Waals surface area contributed by atoms with Crippen LogP contribution in [-0.4, -0.2) is 22.7 Å². The Morgan fingerprint density at radius 1 is 1.09 bits per heavy atom. The topological polar surface area (TPSA) is 63.2 Å². The summed E-state index contributed by atoms with van der Waals surface area (Å²) in [5, 5.41) is 8.09. The molecule has 0 atom stereocenters. The fourth-order valence-electron chi connectivity index (χ4n) is 3.95. The average Bonchev–Trinajstić information content (AvgIpc) is 3.11. The van der Waals surface area contributed by atoms with Gasteiger partial charge in [-0.05, 0) is 49.1 Å². The molecule has 1 amide bonds. The van der Waals surface area contributed by atoms with Crippen LogP contribution in [0.15, 0.2) is 53.7 Å². The number of nitrogens with one attached hydrogen (secondary N) is 1. The van der Waals surface area contributed by atoms with Gasteiger partial charge >= 0.3 is 12.3 Å². The summed E-state index contributed by atoms with van der Waals surface area (Å²) in [6, 6.07) is 11.9. The summed E-state index contributed by atoms with van der Waals surface area (Å²) in [7, 11) is 0. The number of nitrogens with zero attached hydrogens (tertiary/aromatic N) is 2. The van der Waals surface area contributed by atoms with Gasteiger partial charge < -0.3 is 9.68 Å². The van der Waals surface area contributed by atoms with E-state index >= 15 is 0 Å². The van der Waals surface area contributed by atoms with Gasteiger partial charge in [0.1, 0.15) is 0 Å². The molecule has 1 aliphatic carbocycles. The van der Waals surface area contributed by atoms with E-state index in [1.165, 1.54) is 17.2 Å². The Balaban J connectivity index is 1.55. The number of aryl methyl sites for hydroxylation is 1. The van der Waals surface area contributed by atoms with Crippen LogP contribution in [0.2, 0.25) is 0 Å². The van der Waals surface area contributed by atoms with Gasteiger partial charge in [-0.25, -0.2) is 4.79 Å². The van der Waals surface area contributed by atoms with Crippen molar-refractivity contribution < 1.29 is 27.6 Å². The highest BCUT2D eigenvalue weighted by Gasteiger charge is 2.50. The number of oxime groups is 1. The number of hydroxylamine groups is 2. The third-order valence-corrected chi connectivity index (χ3v) is 5.75. The van der Waals surface area contributed by atoms with E-state index < -0.39 is 23.6 Å². The lowest BCUT2D eigenvalue weighted by atomic mass is 9.91. The smallest absolute Gasteiger partial charge is 0.362 e. The van der Waals surface area contributed by atoms with Crippen molar-refractivity contribution in [1.29, 1.82) is 0 Å². The van der Waals surface area contributed by atoms with E-state index in [1.54, 1.807) is 12.1 Å². The Bertz CT molecular complexity index is 982. The first-order chi connectivity index (χ1) is 15.3. The van der Waals surface area contributed by atoms with Gasteiger partial charge in [-0.3, -0.25) is 5.32 Å². The predicted octanol–water partition coefficient (Wildman–Crippen LogP) is 6.09. The minimum absolute atomic E-state index is 0.164. The maximum atomic E-state index is 12.9. The number of carbonyl (C=O) groups is 1. The minimum Gasteiger partial charge on any atom is -0.362 e. The maximum absolute atomic E-state index is 12.9. The average molecular weight is 447 g/mol. The number of hydrogen-bond donors (Lipinski definition) is 1.